The fraction of sp³-hybridized carbons (Fsp3) is 0.500. The number of aromatic nitrogens is 1. The Bertz CT molecular complexity index is 425. The van der Waals surface area contributed by atoms with Gasteiger partial charge in [0.05, 0.1) is 6.54 Å². The highest BCUT2D eigenvalue weighted by Gasteiger charge is 2.17. The Morgan fingerprint density at radius 2 is 2.29 bits per heavy atom. The average molecular weight is 235 g/mol. The number of ketones is 1. The second-order valence-corrected chi connectivity index (χ2v) is 4.36. The predicted molar refractivity (Wildman–Crippen MR) is 63.8 cm³/mol. The van der Waals surface area contributed by atoms with Crippen molar-refractivity contribution in [1.82, 2.24) is 14.8 Å². The number of carbonyl (C=O) groups is 2. The molecule has 1 amide bonds. The highest BCUT2D eigenvalue weighted by atomic mass is 16.1. The third-order valence-corrected chi connectivity index (χ3v) is 2.93. The summed E-state index contributed by atoms with van der Waals surface area (Å²) in [6.45, 7) is 2.41. The highest BCUT2D eigenvalue weighted by molar-refractivity contribution is 5.97. The molecule has 17 heavy (non-hydrogen) atoms. The molecule has 0 aromatic carbocycles. The highest BCUT2D eigenvalue weighted by Crippen LogP contribution is 2.04. The quantitative estimate of drug-likeness (QED) is 0.752. The van der Waals surface area contributed by atoms with Crippen molar-refractivity contribution in [2.75, 3.05) is 26.2 Å². The molecule has 1 aliphatic rings. The number of Topliss-reactive ketones (excluding diaryl/α,β-unsaturated/α-hetero) is 1. The lowest BCUT2D eigenvalue weighted by Gasteiger charge is -2.17. The van der Waals surface area contributed by atoms with Crippen LogP contribution in [0.2, 0.25) is 0 Å². The van der Waals surface area contributed by atoms with E-state index in [-0.39, 0.29) is 11.7 Å². The van der Waals surface area contributed by atoms with E-state index in [1.54, 1.807) is 0 Å². The minimum Gasteiger partial charge on any atom is -0.357 e. The summed E-state index contributed by atoms with van der Waals surface area (Å²) in [5, 5.41) is 2.80. The van der Waals surface area contributed by atoms with Gasteiger partial charge in [0, 0.05) is 51.1 Å². The van der Waals surface area contributed by atoms with Crippen LogP contribution < -0.4 is 5.32 Å². The van der Waals surface area contributed by atoms with Crippen molar-refractivity contribution >= 4 is 11.7 Å². The Morgan fingerprint density at radius 1 is 1.47 bits per heavy atom. The predicted octanol–water partition coefficient (Wildman–Crippen LogP) is 0.0297. The van der Waals surface area contributed by atoms with E-state index in [4.69, 9.17) is 0 Å². The molecule has 1 aromatic heterocycles. The molecule has 0 unspecified atom stereocenters. The number of aryl methyl sites for hydroxylation is 1. The zero-order valence-electron chi connectivity index (χ0n) is 9.98. The van der Waals surface area contributed by atoms with Crippen molar-refractivity contribution in [2.24, 2.45) is 7.05 Å². The molecular weight excluding hydrogens is 218 g/mol. The number of hydrogen-bond acceptors (Lipinski definition) is 3. The first kappa shape index (κ1) is 11.9. The number of hydrogen-bond donors (Lipinski definition) is 1. The topological polar surface area (TPSA) is 54.3 Å². The van der Waals surface area contributed by atoms with Crippen molar-refractivity contribution in [3.8, 4) is 0 Å². The second kappa shape index (κ2) is 5.14. The molecular formula is C12H17N3O2. The van der Waals surface area contributed by atoms with Crippen LogP contribution in [0.3, 0.4) is 0 Å². The molecule has 1 aliphatic heterocycles. The van der Waals surface area contributed by atoms with Gasteiger partial charge in [0.2, 0.25) is 5.91 Å². The van der Waals surface area contributed by atoms with E-state index in [0.717, 1.165) is 12.1 Å². The smallest absolute Gasteiger partial charge is 0.221 e. The lowest BCUT2D eigenvalue weighted by molar-refractivity contribution is -0.120. The van der Waals surface area contributed by atoms with Crippen LogP contribution in [0.25, 0.3) is 0 Å². The van der Waals surface area contributed by atoms with Crippen LogP contribution in [0.15, 0.2) is 18.5 Å². The summed E-state index contributed by atoms with van der Waals surface area (Å²) in [7, 11) is 1.89. The van der Waals surface area contributed by atoms with Crippen LogP contribution in [0.5, 0.6) is 0 Å². The standard InChI is InChI=1S/C12H17N3O2/c1-14-5-2-10(8-14)11(16)9-15-6-3-12(17)13-4-7-15/h2,5,8H,3-4,6-7,9H2,1H3,(H,13,17). The van der Waals surface area contributed by atoms with Gasteiger partial charge in [-0.2, -0.15) is 0 Å². The molecule has 1 aromatic rings. The van der Waals surface area contributed by atoms with Gasteiger partial charge in [-0.25, -0.2) is 0 Å². The SMILES string of the molecule is Cn1ccc(C(=O)CN2CCNC(=O)CC2)c1. The number of nitrogens with one attached hydrogen (secondary N) is 1. The molecule has 2 heterocycles. The minimum absolute atomic E-state index is 0.0691. The summed E-state index contributed by atoms with van der Waals surface area (Å²) >= 11 is 0. The largest absolute Gasteiger partial charge is 0.357 e. The van der Waals surface area contributed by atoms with Crippen molar-refractivity contribution < 1.29 is 9.59 Å². The van der Waals surface area contributed by atoms with Crippen LogP contribution in [-0.4, -0.2) is 47.3 Å². The van der Waals surface area contributed by atoms with Gasteiger partial charge in [-0.3, -0.25) is 14.5 Å². The number of carbonyl (C=O) groups excluding carboxylic acids is 2. The molecule has 0 aliphatic carbocycles. The van der Waals surface area contributed by atoms with Crippen LogP contribution >= 0.6 is 0 Å². The molecule has 1 fully saturated rings. The van der Waals surface area contributed by atoms with E-state index < -0.39 is 0 Å². The summed E-state index contributed by atoms with van der Waals surface area (Å²) in [5.41, 5.74) is 0.732. The lowest BCUT2D eigenvalue weighted by atomic mass is 10.2. The fourth-order valence-electron chi connectivity index (χ4n) is 1.93. The van der Waals surface area contributed by atoms with E-state index in [1.807, 2.05) is 35.0 Å². The Kier molecular flexibility index (Phi) is 3.58. The molecule has 2 rings (SSSR count). The Morgan fingerprint density at radius 3 is 3.00 bits per heavy atom. The molecule has 0 atom stereocenters. The monoisotopic (exact) mass is 235 g/mol. The van der Waals surface area contributed by atoms with E-state index >= 15 is 0 Å². The maximum atomic E-state index is 12.0. The van der Waals surface area contributed by atoms with Gasteiger partial charge in [0.25, 0.3) is 0 Å². The molecule has 1 N–H and O–H groups in total. The molecule has 0 spiro atoms. The number of nitrogens with zero attached hydrogens (tertiary/aromatic N) is 2. The van der Waals surface area contributed by atoms with Crippen LogP contribution in [0.4, 0.5) is 0 Å². The van der Waals surface area contributed by atoms with Gasteiger partial charge >= 0.3 is 0 Å². The van der Waals surface area contributed by atoms with Crippen LogP contribution in [0, 0.1) is 0 Å². The zero-order valence-corrected chi connectivity index (χ0v) is 9.98. The summed E-state index contributed by atoms with van der Waals surface area (Å²) in [5.74, 6) is 0.180. The van der Waals surface area contributed by atoms with E-state index in [2.05, 4.69) is 5.32 Å². The first-order valence-corrected chi connectivity index (χ1v) is 5.79. The summed E-state index contributed by atoms with van der Waals surface area (Å²) in [4.78, 5) is 25.1. The van der Waals surface area contributed by atoms with Gasteiger partial charge < -0.3 is 9.88 Å². The van der Waals surface area contributed by atoms with Crippen molar-refractivity contribution in [2.45, 2.75) is 6.42 Å². The third kappa shape index (κ3) is 3.17. The normalized spacial score (nSPS) is 17.6. The maximum Gasteiger partial charge on any atom is 0.221 e. The average Bonchev–Trinajstić information content (AvgIpc) is 2.62. The van der Waals surface area contributed by atoms with Crippen LogP contribution in [-0.2, 0) is 11.8 Å². The minimum atomic E-state index is 0.0691. The van der Waals surface area contributed by atoms with Crippen molar-refractivity contribution in [3.05, 3.63) is 24.0 Å². The van der Waals surface area contributed by atoms with Crippen LogP contribution in [0.1, 0.15) is 16.8 Å². The maximum absolute atomic E-state index is 12.0. The molecule has 0 bridgehead atoms. The molecule has 92 valence electrons. The van der Waals surface area contributed by atoms with Crippen molar-refractivity contribution in [3.63, 3.8) is 0 Å². The van der Waals surface area contributed by atoms with E-state index in [9.17, 15) is 9.59 Å². The number of rotatable bonds is 3. The molecule has 5 nitrogen and oxygen atoms in total. The van der Waals surface area contributed by atoms with Gasteiger partial charge in [0.1, 0.15) is 0 Å². The van der Waals surface area contributed by atoms with Gasteiger partial charge in [-0.15, -0.1) is 0 Å². The zero-order chi connectivity index (χ0) is 12.3. The third-order valence-electron chi connectivity index (χ3n) is 2.93. The molecule has 0 saturated carbocycles. The first-order valence-electron chi connectivity index (χ1n) is 5.79. The number of amides is 1. The van der Waals surface area contributed by atoms with E-state index in [0.29, 0.717) is 26.1 Å². The van der Waals surface area contributed by atoms with E-state index in [1.165, 1.54) is 0 Å². The summed E-state index contributed by atoms with van der Waals surface area (Å²) < 4.78 is 1.86. The summed E-state index contributed by atoms with van der Waals surface area (Å²) in [6.07, 6.45) is 4.16. The van der Waals surface area contributed by atoms with Crippen molar-refractivity contribution in [1.29, 1.82) is 0 Å². The van der Waals surface area contributed by atoms with Gasteiger partial charge in [-0.05, 0) is 6.07 Å². The first-order chi connectivity index (χ1) is 8.15. The van der Waals surface area contributed by atoms with Gasteiger partial charge in [0.15, 0.2) is 5.78 Å². The Hall–Kier alpha value is -1.62. The Balaban J connectivity index is 1.92. The molecule has 5 heteroatoms. The molecule has 1 saturated heterocycles. The second-order valence-electron chi connectivity index (χ2n) is 4.36. The summed E-state index contributed by atoms with van der Waals surface area (Å²) in [6, 6.07) is 1.82. The fourth-order valence-corrected chi connectivity index (χ4v) is 1.93. The lowest BCUT2D eigenvalue weighted by Crippen LogP contribution is -2.33. The molecule has 0 radical (unpaired) electrons. The Labute approximate surface area is 100 Å². The van der Waals surface area contributed by atoms with Gasteiger partial charge in [-0.1, -0.05) is 0 Å².